The number of benzene rings is 1. The predicted octanol–water partition coefficient (Wildman–Crippen LogP) is 4.35. The van der Waals surface area contributed by atoms with Crippen LogP contribution in [0.5, 0.6) is 0 Å². The van der Waals surface area contributed by atoms with Gasteiger partial charge in [0.2, 0.25) is 0 Å². The number of hydrogen-bond donors (Lipinski definition) is 1. The van der Waals surface area contributed by atoms with Gasteiger partial charge >= 0.3 is 0 Å². The highest BCUT2D eigenvalue weighted by Gasteiger charge is 2.53. The monoisotopic (exact) mass is 321 g/mol. The summed E-state index contributed by atoms with van der Waals surface area (Å²) in [6.07, 6.45) is 13.1. The molecule has 2 bridgehead atoms. The van der Waals surface area contributed by atoms with Crippen LogP contribution in [0.25, 0.3) is 5.69 Å². The van der Waals surface area contributed by atoms with E-state index in [9.17, 15) is 0 Å². The zero-order chi connectivity index (χ0) is 16.1. The predicted molar refractivity (Wildman–Crippen MR) is 95.9 cm³/mol. The molecule has 0 radical (unpaired) electrons. The summed E-state index contributed by atoms with van der Waals surface area (Å²) in [4.78, 5) is 4.12. The molecule has 0 aliphatic heterocycles. The van der Waals surface area contributed by atoms with Gasteiger partial charge in [-0.2, -0.15) is 0 Å². The van der Waals surface area contributed by atoms with Crippen molar-refractivity contribution in [3.63, 3.8) is 0 Å². The van der Waals surface area contributed by atoms with Crippen molar-refractivity contribution in [3.05, 3.63) is 48.5 Å². The molecule has 1 aromatic carbocycles. The molecule has 5 rings (SSSR count). The van der Waals surface area contributed by atoms with E-state index >= 15 is 0 Å². The molecule has 3 fully saturated rings. The van der Waals surface area contributed by atoms with Gasteiger partial charge in [-0.25, -0.2) is 4.98 Å². The van der Waals surface area contributed by atoms with Crippen LogP contribution in [0.15, 0.2) is 43.0 Å². The van der Waals surface area contributed by atoms with Crippen molar-refractivity contribution >= 4 is 0 Å². The fourth-order valence-corrected chi connectivity index (χ4v) is 6.02. The van der Waals surface area contributed by atoms with E-state index < -0.39 is 0 Å². The molecule has 0 saturated heterocycles. The molecule has 126 valence electrons. The molecule has 1 N–H and O–H groups in total. The first-order valence-corrected chi connectivity index (χ1v) is 9.64. The molecule has 1 aromatic heterocycles. The maximum atomic E-state index is 4.12. The van der Waals surface area contributed by atoms with Gasteiger partial charge in [-0.1, -0.05) is 18.6 Å². The average Bonchev–Trinajstić information content (AvgIpc) is 3.36. The Morgan fingerprint density at radius 2 is 1.92 bits per heavy atom. The van der Waals surface area contributed by atoms with Gasteiger partial charge in [0.05, 0.1) is 6.33 Å². The Morgan fingerprint density at radius 1 is 1.08 bits per heavy atom. The highest BCUT2D eigenvalue weighted by Crippen LogP contribution is 2.58. The molecule has 0 spiro atoms. The molecule has 0 unspecified atom stereocenters. The number of nitrogens with zero attached hydrogens (tertiary/aromatic N) is 2. The third-order valence-electron chi connectivity index (χ3n) is 7.09. The van der Waals surface area contributed by atoms with Crippen LogP contribution in [0.3, 0.4) is 0 Å². The van der Waals surface area contributed by atoms with E-state index in [1.165, 1.54) is 43.4 Å². The van der Waals surface area contributed by atoms with Crippen LogP contribution < -0.4 is 5.32 Å². The maximum absolute atomic E-state index is 4.12. The van der Waals surface area contributed by atoms with E-state index in [2.05, 4.69) is 46.1 Å². The Balaban J connectivity index is 1.27. The number of nitrogens with one attached hydrogen (secondary N) is 1. The molecule has 3 nitrogen and oxygen atoms in total. The van der Waals surface area contributed by atoms with Crippen molar-refractivity contribution in [1.29, 1.82) is 0 Å². The van der Waals surface area contributed by atoms with Crippen LogP contribution in [-0.2, 0) is 0 Å². The van der Waals surface area contributed by atoms with Crippen molar-refractivity contribution in [2.75, 3.05) is 0 Å². The van der Waals surface area contributed by atoms with E-state index in [1.54, 1.807) is 0 Å². The maximum Gasteiger partial charge on any atom is 0.0991 e. The lowest BCUT2D eigenvalue weighted by atomic mass is 9.79. The number of hydrogen-bond acceptors (Lipinski definition) is 2. The third kappa shape index (κ3) is 2.33. The van der Waals surface area contributed by atoms with Crippen molar-refractivity contribution in [2.45, 2.75) is 51.1 Å². The van der Waals surface area contributed by atoms with Crippen LogP contribution in [-0.4, -0.2) is 15.6 Å². The van der Waals surface area contributed by atoms with Crippen LogP contribution in [0.2, 0.25) is 0 Å². The van der Waals surface area contributed by atoms with E-state index in [0.29, 0.717) is 6.04 Å². The summed E-state index contributed by atoms with van der Waals surface area (Å²) in [5, 5.41) is 3.97. The lowest BCUT2D eigenvalue weighted by molar-refractivity contribution is 0.200. The summed E-state index contributed by atoms with van der Waals surface area (Å²) in [5.41, 5.74) is 2.57. The normalized spacial score (nSPS) is 35.3. The first kappa shape index (κ1) is 14.7. The molecule has 2 aromatic rings. The van der Waals surface area contributed by atoms with Crippen LogP contribution in [0, 0.1) is 23.7 Å². The van der Waals surface area contributed by atoms with E-state index in [0.717, 1.165) is 29.7 Å². The lowest BCUT2D eigenvalue weighted by Gasteiger charge is -2.34. The Morgan fingerprint density at radius 3 is 2.71 bits per heavy atom. The number of fused-ring (bicyclic) bond motifs is 5. The highest BCUT2D eigenvalue weighted by atomic mass is 15.0. The largest absolute Gasteiger partial charge is 0.307 e. The average molecular weight is 321 g/mol. The molecule has 3 saturated carbocycles. The van der Waals surface area contributed by atoms with Gasteiger partial charge in [-0.05, 0) is 74.0 Å². The van der Waals surface area contributed by atoms with Crippen LogP contribution in [0.4, 0.5) is 0 Å². The number of imidazole rings is 1. The summed E-state index contributed by atoms with van der Waals surface area (Å²) in [5.74, 6) is 4.10. The number of rotatable bonds is 4. The Bertz CT molecular complexity index is 690. The lowest BCUT2D eigenvalue weighted by Crippen LogP contribution is -2.40. The quantitative estimate of drug-likeness (QED) is 0.907. The summed E-state index contributed by atoms with van der Waals surface area (Å²) in [7, 11) is 0. The third-order valence-corrected chi connectivity index (χ3v) is 7.09. The Hall–Kier alpha value is -1.61. The summed E-state index contributed by atoms with van der Waals surface area (Å²) >= 11 is 0. The van der Waals surface area contributed by atoms with Gasteiger partial charge < -0.3 is 9.88 Å². The zero-order valence-corrected chi connectivity index (χ0v) is 14.4. The number of aromatic nitrogens is 2. The minimum absolute atomic E-state index is 0.436. The second-order valence-electron chi connectivity index (χ2n) is 8.21. The topological polar surface area (TPSA) is 29.9 Å². The zero-order valence-electron chi connectivity index (χ0n) is 14.4. The minimum atomic E-state index is 0.436. The summed E-state index contributed by atoms with van der Waals surface area (Å²) in [6.45, 7) is 2.32. The van der Waals surface area contributed by atoms with E-state index in [4.69, 9.17) is 0 Å². The Kier molecular flexibility index (Phi) is 3.51. The van der Waals surface area contributed by atoms with Gasteiger partial charge in [0.25, 0.3) is 0 Å². The molecule has 3 heteroatoms. The van der Waals surface area contributed by atoms with Gasteiger partial charge in [0.1, 0.15) is 0 Å². The summed E-state index contributed by atoms with van der Waals surface area (Å²) in [6, 6.07) is 10.1. The van der Waals surface area contributed by atoms with Crippen molar-refractivity contribution in [2.24, 2.45) is 23.7 Å². The molecule has 3 aliphatic carbocycles. The van der Waals surface area contributed by atoms with Gasteiger partial charge in [0, 0.05) is 30.2 Å². The SMILES string of the molecule is C[C@H](N[C@@H]1C[C@H]2C[C@H]1[C@H]1CCC[C@H]21)c1ccc(-n2ccnc2)cc1. The fourth-order valence-electron chi connectivity index (χ4n) is 6.02. The molecule has 6 atom stereocenters. The Labute approximate surface area is 144 Å². The summed E-state index contributed by atoms with van der Waals surface area (Å²) < 4.78 is 2.05. The van der Waals surface area contributed by atoms with E-state index in [1.807, 2.05) is 18.7 Å². The molecule has 3 aliphatic rings. The molecule has 0 amide bonds. The molecular weight excluding hydrogens is 294 g/mol. The minimum Gasteiger partial charge on any atom is -0.307 e. The molecule has 1 heterocycles. The van der Waals surface area contributed by atoms with Gasteiger partial charge in [-0.15, -0.1) is 0 Å². The van der Waals surface area contributed by atoms with Crippen LogP contribution in [0.1, 0.15) is 50.6 Å². The molecular formula is C21H27N3. The van der Waals surface area contributed by atoms with Crippen molar-refractivity contribution in [1.82, 2.24) is 14.9 Å². The standard InChI is InChI=1S/C21H27N3/c1-14(15-5-7-17(8-6-15)24-10-9-22-13-24)23-21-12-16-11-20(21)19-4-2-3-18(16)19/h5-10,13-14,16,18-21,23H,2-4,11-12H2,1H3/t14-,16+,18+,19-,20-,21+/m0/s1. The fraction of sp³-hybridized carbons (Fsp3) is 0.571. The van der Waals surface area contributed by atoms with Crippen molar-refractivity contribution in [3.8, 4) is 5.69 Å². The van der Waals surface area contributed by atoms with Gasteiger partial charge in [-0.3, -0.25) is 0 Å². The first-order valence-electron chi connectivity index (χ1n) is 9.64. The van der Waals surface area contributed by atoms with Gasteiger partial charge in [0.15, 0.2) is 0 Å². The highest BCUT2D eigenvalue weighted by molar-refractivity contribution is 5.35. The second-order valence-corrected chi connectivity index (χ2v) is 8.21. The smallest absolute Gasteiger partial charge is 0.0991 e. The first-order chi connectivity index (χ1) is 11.8. The molecule has 24 heavy (non-hydrogen) atoms. The van der Waals surface area contributed by atoms with E-state index in [-0.39, 0.29) is 0 Å². The van der Waals surface area contributed by atoms with Crippen molar-refractivity contribution < 1.29 is 0 Å². The second kappa shape index (κ2) is 5.73. The van der Waals surface area contributed by atoms with Crippen LogP contribution >= 0.6 is 0 Å².